The second-order valence-corrected chi connectivity index (χ2v) is 10.6. The Morgan fingerprint density at radius 1 is 0.889 bits per heavy atom. The Balaban J connectivity index is 5.03. The first-order chi connectivity index (χ1) is 8.20. The Labute approximate surface area is 115 Å². The molecule has 0 aliphatic heterocycles. The first-order valence-electron chi connectivity index (χ1n) is 7.42. The van der Waals surface area contributed by atoms with Crippen LogP contribution in [0.5, 0.6) is 0 Å². The molecule has 0 saturated carbocycles. The highest BCUT2D eigenvalue weighted by Gasteiger charge is 2.40. The van der Waals surface area contributed by atoms with Crippen molar-refractivity contribution in [2.24, 2.45) is 17.8 Å². The van der Waals surface area contributed by atoms with Gasteiger partial charge in [-0.1, -0.05) is 48.5 Å². The van der Waals surface area contributed by atoms with Crippen LogP contribution in [0.25, 0.3) is 0 Å². The summed E-state index contributed by atoms with van der Waals surface area (Å²) in [6.45, 7) is 15.3. The highest BCUT2D eigenvalue weighted by molar-refractivity contribution is 6.75. The summed E-state index contributed by atoms with van der Waals surface area (Å²) in [7, 11) is -1.92. The monoisotopic (exact) mass is 272 g/mol. The zero-order chi connectivity index (χ0) is 14.3. The number of hydrogen-bond donors (Lipinski definition) is 0. The molecule has 3 heteroatoms. The third-order valence-electron chi connectivity index (χ3n) is 2.96. The van der Waals surface area contributed by atoms with E-state index in [0.717, 1.165) is 18.1 Å². The number of rotatable bonds is 8. The van der Waals surface area contributed by atoms with E-state index in [9.17, 15) is 4.79 Å². The maximum atomic E-state index is 11.8. The van der Waals surface area contributed by atoms with Crippen LogP contribution in [0.15, 0.2) is 0 Å². The average Bonchev–Trinajstić information content (AvgIpc) is 2.12. The van der Waals surface area contributed by atoms with Gasteiger partial charge in [0.15, 0.2) is 0 Å². The molecule has 0 unspecified atom stereocenters. The zero-order valence-corrected chi connectivity index (χ0v) is 14.4. The summed E-state index contributed by atoms with van der Waals surface area (Å²) in [5, 5.41) is 0. The molecule has 0 saturated heterocycles. The normalized spacial score (nSPS) is 12.6. The van der Waals surface area contributed by atoms with Gasteiger partial charge in [0.1, 0.15) is 0 Å². The molecule has 0 aromatic rings. The van der Waals surface area contributed by atoms with E-state index in [1.165, 1.54) is 0 Å². The lowest BCUT2D eigenvalue weighted by Crippen LogP contribution is -2.43. The van der Waals surface area contributed by atoms with Gasteiger partial charge in [-0.25, -0.2) is 0 Å². The molecule has 0 bridgehead atoms. The second kappa shape index (κ2) is 7.98. The van der Waals surface area contributed by atoms with Crippen LogP contribution in [0.2, 0.25) is 18.1 Å². The molecule has 0 fully saturated rings. The van der Waals surface area contributed by atoms with Crippen LogP contribution in [0.3, 0.4) is 0 Å². The summed E-state index contributed by atoms with van der Waals surface area (Å²) in [6.07, 6.45) is 0.503. The van der Waals surface area contributed by atoms with Crippen LogP contribution in [-0.2, 0) is 9.22 Å². The van der Waals surface area contributed by atoms with Crippen molar-refractivity contribution in [3.63, 3.8) is 0 Å². The molecule has 2 nitrogen and oxygen atoms in total. The SMILES string of the molecule is CCC(=O)O[Si](CC(C)C)(CC(C)C)CC(C)C. The molecule has 0 aromatic heterocycles. The van der Waals surface area contributed by atoms with Crippen molar-refractivity contribution >= 4 is 14.3 Å². The second-order valence-electron chi connectivity index (χ2n) is 6.80. The molecular weight excluding hydrogens is 240 g/mol. The highest BCUT2D eigenvalue weighted by Crippen LogP contribution is 2.33. The topological polar surface area (TPSA) is 26.3 Å². The van der Waals surface area contributed by atoms with E-state index in [1.54, 1.807) is 0 Å². The largest absolute Gasteiger partial charge is 0.519 e. The van der Waals surface area contributed by atoms with Crippen LogP contribution < -0.4 is 0 Å². The van der Waals surface area contributed by atoms with Gasteiger partial charge in [-0.2, -0.15) is 0 Å². The standard InChI is InChI=1S/C15H32O2Si/c1-8-15(16)17-18(9-12(2)3,10-13(4)5)11-14(6)7/h12-14H,8-11H2,1-7H3. The molecule has 0 rings (SSSR count). The van der Waals surface area contributed by atoms with Crippen molar-refractivity contribution in [2.45, 2.75) is 73.0 Å². The first kappa shape index (κ1) is 17.7. The quantitative estimate of drug-likeness (QED) is 0.590. The number of carbonyl (C=O) groups is 1. The van der Waals surface area contributed by atoms with Gasteiger partial charge in [0.2, 0.25) is 0 Å². The third kappa shape index (κ3) is 7.19. The van der Waals surface area contributed by atoms with Crippen LogP contribution in [0, 0.1) is 17.8 Å². The van der Waals surface area contributed by atoms with Gasteiger partial charge in [-0.05, 0) is 35.9 Å². The van der Waals surface area contributed by atoms with E-state index in [0.29, 0.717) is 24.2 Å². The molecule has 0 N–H and O–H groups in total. The van der Waals surface area contributed by atoms with Gasteiger partial charge in [0.25, 0.3) is 14.3 Å². The van der Waals surface area contributed by atoms with Gasteiger partial charge < -0.3 is 4.43 Å². The van der Waals surface area contributed by atoms with E-state index < -0.39 is 8.32 Å². The summed E-state index contributed by atoms with van der Waals surface area (Å²) in [5.74, 6) is 1.83. The Morgan fingerprint density at radius 3 is 1.44 bits per heavy atom. The van der Waals surface area contributed by atoms with Gasteiger partial charge in [0, 0.05) is 6.42 Å². The molecule has 0 amide bonds. The molecule has 0 spiro atoms. The minimum atomic E-state index is -1.92. The van der Waals surface area contributed by atoms with Gasteiger partial charge in [0.05, 0.1) is 0 Å². The predicted octanol–water partition coefficient (Wildman–Crippen LogP) is 4.85. The van der Waals surface area contributed by atoms with E-state index in [4.69, 9.17) is 4.43 Å². The molecule has 0 heterocycles. The summed E-state index contributed by atoms with van der Waals surface area (Å²) in [5.41, 5.74) is 0. The molecule has 18 heavy (non-hydrogen) atoms. The van der Waals surface area contributed by atoms with Crippen molar-refractivity contribution in [1.82, 2.24) is 0 Å². The first-order valence-corrected chi connectivity index (χ1v) is 9.95. The van der Waals surface area contributed by atoms with Gasteiger partial charge >= 0.3 is 0 Å². The Morgan fingerprint density at radius 2 is 1.22 bits per heavy atom. The third-order valence-corrected chi connectivity index (χ3v) is 8.30. The maximum absolute atomic E-state index is 11.8. The van der Waals surface area contributed by atoms with Crippen LogP contribution >= 0.6 is 0 Å². The molecule has 0 radical (unpaired) electrons. The van der Waals surface area contributed by atoms with E-state index in [2.05, 4.69) is 41.5 Å². The highest BCUT2D eigenvalue weighted by atomic mass is 28.4. The number of carbonyl (C=O) groups excluding carboxylic acids is 1. The average molecular weight is 273 g/mol. The Kier molecular flexibility index (Phi) is 7.84. The molecule has 0 atom stereocenters. The minimum absolute atomic E-state index is 0.00335. The van der Waals surface area contributed by atoms with E-state index in [1.807, 2.05) is 6.92 Å². The Hall–Kier alpha value is -0.313. The lowest BCUT2D eigenvalue weighted by atomic mass is 10.2. The number of hydrogen-bond acceptors (Lipinski definition) is 2. The molecule has 0 aliphatic carbocycles. The summed E-state index contributed by atoms with van der Waals surface area (Å²) < 4.78 is 6.02. The van der Waals surface area contributed by atoms with Crippen LogP contribution in [-0.4, -0.2) is 14.3 Å². The molecule has 0 aromatic carbocycles. The summed E-state index contributed by atoms with van der Waals surface area (Å²) >= 11 is 0. The lowest BCUT2D eigenvalue weighted by molar-refractivity contribution is -0.135. The predicted molar refractivity (Wildman–Crippen MR) is 81.1 cm³/mol. The van der Waals surface area contributed by atoms with Gasteiger partial charge in [-0.3, -0.25) is 4.79 Å². The zero-order valence-electron chi connectivity index (χ0n) is 13.4. The summed E-state index contributed by atoms with van der Waals surface area (Å²) in [4.78, 5) is 11.8. The Bertz CT molecular complexity index is 220. The fourth-order valence-electron chi connectivity index (χ4n) is 2.92. The molecular formula is C15H32O2Si. The van der Waals surface area contributed by atoms with Crippen LogP contribution in [0.1, 0.15) is 54.9 Å². The molecule has 108 valence electrons. The van der Waals surface area contributed by atoms with Crippen molar-refractivity contribution in [3.8, 4) is 0 Å². The van der Waals surface area contributed by atoms with E-state index >= 15 is 0 Å². The van der Waals surface area contributed by atoms with Crippen LogP contribution in [0.4, 0.5) is 0 Å². The maximum Gasteiger partial charge on any atom is 0.292 e. The fraction of sp³-hybridized carbons (Fsp3) is 0.933. The lowest BCUT2D eigenvalue weighted by Gasteiger charge is -2.35. The smallest absolute Gasteiger partial charge is 0.292 e. The van der Waals surface area contributed by atoms with Crippen molar-refractivity contribution in [3.05, 3.63) is 0 Å². The van der Waals surface area contributed by atoms with Crippen molar-refractivity contribution in [2.75, 3.05) is 0 Å². The van der Waals surface area contributed by atoms with Crippen molar-refractivity contribution < 1.29 is 9.22 Å². The van der Waals surface area contributed by atoms with Gasteiger partial charge in [-0.15, -0.1) is 0 Å². The fourth-order valence-corrected chi connectivity index (χ4v) is 8.76. The molecule has 0 aliphatic rings. The van der Waals surface area contributed by atoms with E-state index in [-0.39, 0.29) is 5.97 Å². The summed E-state index contributed by atoms with van der Waals surface area (Å²) in [6, 6.07) is 3.32. The van der Waals surface area contributed by atoms with Crippen molar-refractivity contribution in [1.29, 1.82) is 0 Å². The minimum Gasteiger partial charge on any atom is -0.519 e.